The first-order chi connectivity index (χ1) is 15.3. The van der Waals surface area contributed by atoms with Crippen molar-refractivity contribution >= 4 is 29.3 Å². The normalized spacial score (nSPS) is 29.5. The van der Waals surface area contributed by atoms with Gasteiger partial charge in [-0.25, -0.2) is 18.5 Å². The number of aliphatic hydroxyl groups is 1. The average molecular weight is 548 g/mol. The summed E-state index contributed by atoms with van der Waals surface area (Å²) in [5.41, 5.74) is 9.15. The predicted molar refractivity (Wildman–Crippen MR) is 112 cm³/mol. The second kappa shape index (κ2) is 9.88. The fourth-order valence-corrected chi connectivity index (χ4v) is 6.43. The number of nitrogens with two attached hydrogens (primary N) is 2. The van der Waals surface area contributed by atoms with Gasteiger partial charge in [-0.15, -0.1) is 5.92 Å². The number of aliphatic hydroxyl groups excluding tert-OH is 1. The first kappa shape index (κ1) is 28.8. The summed E-state index contributed by atoms with van der Waals surface area (Å²) in [5.74, 6) is 4.91. The molecule has 1 aromatic heterocycles. The molecule has 2 heterocycles. The third-order valence-corrected chi connectivity index (χ3v) is 8.34. The molecular formula is C14H23N4O13P3. The van der Waals surface area contributed by atoms with Gasteiger partial charge in [0, 0.05) is 5.69 Å². The molecular weight excluding hydrogens is 525 g/mol. The Bertz CT molecular complexity index is 1210. The van der Waals surface area contributed by atoms with Gasteiger partial charge in [-0.1, -0.05) is 5.92 Å². The van der Waals surface area contributed by atoms with E-state index in [0.29, 0.717) is 0 Å². The summed E-state index contributed by atoms with van der Waals surface area (Å²) >= 11 is 0. The van der Waals surface area contributed by atoms with Crippen molar-refractivity contribution < 1.29 is 56.3 Å². The predicted octanol–water partition coefficient (Wildman–Crippen LogP) is -1.16. The number of phosphoric ester groups is 1. The zero-order valence-corrected chi connectivity index (χ0v) is 20.5. The minimum absolute atomic E-state index is 0.0981. The van der Waals surface area contributed by atoms with E-state index in [-0.39, 0.29) is 11.5 Å². The Morgan fingerprint density at radius 3 is 2.32 bits per heavy atom. The Balaban J connectivity index is 2.37. The Morgan fingerprint density at radius 2 is 1.82 bits per heavy atom. The number of nitrogens with zero attached hydrogens (tertiary/aromatic N) is 2. The molecule has 4 unspecified atom stereocenters. The quantitative estimate of drug-likeness (QED) is 0.149. The van der Waals surface area contributed by atoms with Gasteiger partial charge >= 0.3 is 29.2 Å². The second-order valence-corrected chi connectivity index (χ2v) is 11.5. The van der Waals surface area contributed by atoms with Gasteiger partial charge in [0.25, 0.3) is 0 Å². The van der Waals surface area contributed by atoms with Gasteiger partial charge in [0.2, 0.25) is 0 Å². The topological polar surface area (TPSA) is 276 Å². The van der Waals surface area contributed by atoms with Gasteiger partial charge in [0.05, 0.1) is 6.10 Å². The molecule has 1 saturated heterocycles. The van der Waals surface area contributed by atoms with E-state index < -0.39 is 59.2 Å². The molecule has 1 aliphatic heterocycles. The van der Waals surface area contributed by atoms with Crippen LogP contribution in [0, 0.1) is 18.8 Å². The van der Waals surface area contributed by atoms with Gasteiger partial charge in [0.15, 0.2) is 11.8 Å². The number of rotatable bonds is 8. The van der Waals surface area contributed by atoms with Crippen molar-refractivity contribution in [3.05, 3.63) is 22.2 Å². The van der Waals surface area contributed by atoms with Gasteiger partial charge in [-0.3, -0.25) is 9.09 Å². The Labute approximate surface area is 192 Å². The van der Waals surface area contributed by atoms with Crippen LogP contribution in [0.3, 0.4) is 0 Å². The third kappa shape index (κ3) is 6.60. The molecule has 0 amide bonds. The summed E-state index contributed by atoms with van der Waals surface area (Å²) in [6.07, 6.45) is -6.47. The van der Waals surface area contributed by atoms with Crippen LogP contribution in [0.15, 0.2) is 10.9 Å². The first-order valence-corrected chi connectivity index (χ1v) is 13.6. The fourth-order valence-electron chi connectivity index (χ4n) is 3.23. The Hall–Kier alpha value is -1.47. The van der Waals surface area contributed by atoms with E-state index in [2.05, 4.69) is 30.0 Å². The van der Waals surface area contributed by atoms with Gasteiger partial charge in [-0.2, -0.15) is 13.6 Å². The average Bonchev–Trinajstić information content (AvgIpc) is 2.83. The molecule has 192 valence electrons. The molecule has 0 radical (unpaired) electrons. The summed E-state index contributed by atoms with van der Waals surface area (Å²) in [4.78, 5) is 52.3. The number of nitrogen functional groups attached to an aromatic ring is 1. The highest BCUT2D eigenvalue weighted by molar-refractivity contribution is 7.66. The van der Waals surface area contributed by atoms with Crippen LogP contribution >= 0.6 is 23.5 Å². The van der Waals surface area contributed by atoms with Crippen LogP contribution in [0.2, 0.25) is 0 Å². The van der Waals surface area contributed by atoms with E-state index in [9.17, 15) is 33.4 Å². The molecule has 0 aliphatic carbocycles. The van der Waals surface area contributed by atoms with E-state index >= 15 is 0 Å². The fraction of sp³-hybridized carbons (Fsp3) is 0.571. The minimum atomic E-state index is -5.77. The minimum Gasteiger partial charge on any atom is -0.387 e. The van der Waals surface area contributed by atoms with Crippen molar-refractivity contribution in [2.45, 2.75) is 50.8 Å². The molecule has 2 rings (SSSR count). The highest BCUT2D eigenvalue weighted by Gasteiger charge is 2.57. The van der Waals surface area contributed by atoms with Crippen LogP contribution in [-0.4, -0.2) is 58.1 Å². The van der Waals surface area contributed by atoms with Crippen molar-refractivity contribution in [2.75, 3.05) is 5.73 Å². The summed E-state index contributed by atoms with van der Waals surface area (Å²) in [6.45, 7) is 3.93. The zero-order chi connectivity index (χ0) is 26.3. The maximum atomic E-state index is 12.5. The molecule has 0 saturated carbocycles. The third-order valence-electron chi connectivity index (χ3n) is 4.42. The van der Waals surface area contributed by atoms with Gasteiger partial charge in [0.1, 0.15) is 18.0 Å². The lowest BCUT2D eigenvalue weighted by Gasteiger charge is -2.29. The zero-order valence-electron chi connectivity index (χ0n) is 17.8. The molecule has 1 fully saturated rings. The van der Waals surface area contributed by atoms with Crippen LogP contribution in [0.5, 0.6) is 0 Å². The number of hydrogen-bond donors (Lipinski definition) is 7. The van der Waals surface area contributed by atoms with Crippen molar-refractivity contribution in [1.29, 1.82) is 0 Å². The number of aryl methyl sites for hydroxylation is 1. The van der Waals surface area contributed by atoms with Gasteiger partial charge < -0.3 is 40.9 Å². The molecule has 0 bridgehead atoms. The van der Waals surface area contributed by atoms with Crippen molar-refractivity contribution in [3.8, 4) is 11.8 Å². The van der Waals surface area contributed by atoms with Crippen LogP contribution in [0.1, 0.15) is 25.8 Å². The van der Waals surface area contributed by atoms with Gasteiger partial charge in [-0.05, 0) is 26.8 Å². The molecule has 7 atom stereocenters. The molecule has 17 nitrogen and oxygen atoms in total. The monoisotopic (exact) mass is 548 g/mol. The summed E-state index contributed by atoms with van der Waals surface area (Å²) < 4.78 is 53.0. The second-order valence-electron chi connectivity index (χ2n) is 7.08. The smallest absolute Gasteiger partial charge is 0.387 e. The van der Waals surface area contributed by atoms with E-state index in [0.717, 1.165) is 11.5 Å². The maximum absolute atomic E-state index is 12.5. The van der Waals surface area contributed by atoms with Crippen molar-refractivity contribution in [3.63, 3.8) is 0 Å². The largest absolute Gasteiger partial charge is 0.490 e. The number of phosphoric acid groups is 3. The van der Waals surface area contributed by atoms with Crippen LogP contribution in [0.4, 0.5) is 5.82 Å². The maximum Gasteiger partial charge on any atom is 0.490 e. The highest BCUT2D eigenvalue weighted by atomic mass is 31.3. The number of anilines is 1. The molecule has 0 spiro atoms. The van der Waals surface area contributed by atoms with Crippen LogP contribution in [0.25, 0.3) is 0 Å². The summed E-state index contributed by atoms with van der Waals surface area (Å²) in [5, 5.41) is 10.8. The number of ether oxygens (including phenoxy) is 1. The summed E-state index contributed by atoms with van der Waals surface area (Å²) in [7, 11) is -16.9. The molecule has 1 aliphatic rings. The van der Waals surface area contributed by atoms with Crippen LogP contribution in [-0.2, 0) is 31.6 Å². The standard InChI is InChI=1S/C14H23N4O13P3/c1-4-5-14(16)11(19)10(28-12(14)18-7(2)6-9(15)17-13(18)20)8(3)29-33(24,25)31-34(26,27)30-32(21,22)23/h6,8,10-12,19H,16H2,1-3H3,(H,24,25)(H,26,27)(H2,15,17,20)(H2,21,22,23)/t8-,10?,11?,12-,14-/m1/s1. The van der Waals surface area contributed by atoms with E-state index in [1.165, 1.54) is 19.9 Å². The number of hydrogen-bond acceptors (Lipinski definition) is 12. The van der Waals surface area contributed by atoms with E-state index in [1.807, 2.05) is 0 Å². The lowest BCUT2D eigenvalue weighted by atomic mass is 9.90. The van der Waals surface area contributed by atoms with E-state index in [1.54, 1.807) is 0 Å². The molecule has 34 heavy (non-hydrogen) atoms. The van der Waals surface area contributed by atoms with E-state index in [4.69, 9.17) is 26.0 Å². The van der Waals surface area contributed by atoms with Crippen molar-refractivity contribution in [1.82, 2.24) is 9.55 Å². The molecule has 0 aromatic carbocycles. The lowest BCUT2D eigenvalue weighted by molar-refractivity contribution is -0.0760. The number of aromatic nitrogens is 2. The first-order valence-electron chi connectivity index (χ1n) is 9.06. The molecule has 1 aromatic rings. The Morgan fingerprint density at radius 1 is 1.24 bits per heavy atom. The summed E-state index contributed by atoms with van der Waals surface area (Å²) in [6, 6.07) is 1.32. The molecule has 9 N–H and O–H groups in total. The van der Waals surface area contributed by atoms with Crippen molar-refractivity contribution in [2.24, 2.45) is 5.73 Å². The SMILES string of the molecule is CC#C[C@@]1(N)C(O)C([C@@H](C)OP(=O)(O)OP(=O)(O)OP(=O)(O)O)O[C@H]1n1c(C)cc(N)nc1=O. The van der Waals surface area contributed by atoms with Crippen LogP contribution < -0.4 is 17.2 Å². The highest BCUT2D eigenvalue weighted by Crippen LogP contribution is 2.66. The lowest BCUT2D eigenvalue weighted by Crippen LogP contribution is -2.55. The Kier molecular flexibility index (Phi) is 8.36. The molecule has 20 heteroatoms.